The Morgan fingerprint density at radius 3 is 2.59 bits per heavy atom. The summed E-state index contributed by atoms with van der Waals surface area (Å²) in [5, 5.41) is 11.9. The molecule has 0 atom stereocenters. The largest absolute Gasteiger partial charge is 0.302 e. The second-order valence-corrected chi connectivity index (χ2v) is 8.85. The second kappa shape index (κ2) is 10.2. The summed E-state index contributed by atoms with van der Waals surface area (Å²) in [6.45, 7) is 6.16. The normalized spacial score (nSPS) is 10.6. The number of hydrogen-bond donors (Lipinski definition) is 1. The third-order valence-electron chi connectivity index (χ3n) is 3.77. The van der Waals surface area contributed by atoms with Gasteiger partial charge in [-0.25, -0.2) is 4.98 Å². The van der Waals surface area contributed by atoms with Crippen LogP contribution < -0.4 is 5.32 Å². The smallest absolute Gasteiger partial charge is 0.226 e. The third-order valence-corrected chi connectivity index (χ3v) is 6.07. The maximum Gasteiger partial charge on any atom is 0.226 e. The molecule has 2 aromatic rings. The minimum Gasteiger partial charge on any atom is -0.302 e. The van der Waals surface area contributed by atoms with E-state index in [2.05, 4.69) is 30.2 Å². The molecule has 0 aliphatic rings. The van der Waals surface area contributed by atoms with Crippen LogP contribution >= 0.6 is 23.1 Å². The number of nitriles is 1. The molecule has 0 radical (unpaired) electrons. The number of aromatic nitrogens is 1. The molecule has 0 fully saturated rings. The van der Waals surface area contributed by atoms with E-state index in [9.17, 15) is 9.59 Å². The summed E-state index contributed by atoms with van der Waals surface area (Å²) in [7, 11) is 0. The Kier molecular flexibility index (Phi) is 8.01. The highest BCUT2D eigenvalue weighted by molar-refractivity contribution is 8.01. The lowest BCUT2D eigenvalue weighted by atomic mass is 9.99. The van der Waals surface area contributed by atoms with E-state index >= 15 is 0 Å². The molecule has 1 heterocycles. The zero-order chi connectivity index (χ0) is 19.8. The minimum atomic E-state index is -0.231. The predicted octanol–water partition coefficient (Wildman–Crippen LogP) is 4.87. The number of thioether (sulfide) groups is 1. The first-order valence-corrected chi connectivity index (χ1v) is 10.6. The van der Waals surface area contributed by atoms with Gasteiger partial charge in [0.2, 0.25) is 5.91 Å². The fourth-order valence-corrected chi connectivity index (χ4v) is 4.33. The van der Waals surface area contributed by atoms with Crippen molar-refractivity contribution in [2.45, 2.75) is 44.2 Å². The zero-order valence-corrected chi connectivity index (χ0v) is 17.4. The minimum absolute atomic E-state index is 0.0400. The van der Waals surface area contributed by atoms with Crippen molar-refractivity contribution in [1.82, 2.24) is 4.98 Å². The van der Waals surface area contributed by atoms with E-state index in [4.69, 9.17) is 5.26 Å². The fourth-order valence-electron chi connectivity index (χ4n) is 2.52. The van der Waals surface area contributed by atoms with E-state index in [1.54, 1.807) is 0 Å². The average molecular weight is 402 g/mol. The van der Waals surface area contributed by atoms with E-state index in [0.717, 1.165) is 16.3 Å². The number of carbonyl (C=O) groups excluding carboxylic acids is 2. The first-order valence-electron chi connectivity index (χ1n) is 8.78. The molecule has 2 rings (SSSR count). The molecule has 0 unspecified atom stereocenters. The molecule has 0 saturated heterocycles. The number of amides is 1. The molecule has 0 bridgehead atoms. The van der Waals surface area contributed by atoms with Crippen LogP contribution in [0.25, 0.3) is 0 Å². The van der Waals surface area contributed by atoms with Crippen LogP contribution in [0.15, 0.2) is 28.5 Å². The Labute approximate surface area is 168 Å². The first kappa shape index (κ1) is 21.1. The molecule has 1 aromatic heterocycles. The highest BCUT2D eigenvalue weighted by atomic mass is 32.2. The number of rotatable bonds is 9. The van der Waals surface area contributed by atoms with E-state index in [1.807, 2.05) is 31.2 Å². The SMILES string of the molecule is Cc1nc(NC(=O)CCC(=O)c2ccc(CC(C)C)cc2)sc1SCC#N. The summed E-state index contributed by atoms with van der Waals surface area (Å²) in [5.74, 6) is 0.650. The van der Waals surface area contributed by atoms with Gasteiger partial charge in [-0.15, -0.1) is 0 Å². The maximum absolute atomic E-state index is 12.3. The quantitative estimate of drug-likeness (QED) is 0.479. The van der Waals surface area contributed by atoms with Gasteiger partial charge in [0, 0.05) is 18.4 Å². The molecule has 1 amide bonds. The van der Waals surface area contributed by atoms with Gasteiger partial charge >= 0.3 is 0 Å². The Morgan fingerprint density at radius 1 is 1.26 bits per heavy atom. The van der Waals surface area contributed by atoms with Crippen LogP contribution in [0.5, 0.6) is 0 Å². The van der Waals surface area contributed by atoms with Crippen molar-refractivity contribution in [3.05, 3.63) is 41.1 Å². The van der Waals surface area contributed by atoms with E-state index < -0.39 is 0 Å². The predicted molar refractivity (Wildman–Crippen MR) is 110 cm³/mol. The topological polar surface area (TPSA) is 82.8 Å². The first-order chi connectivity index (χ1) is 12.9. The van der Waals surface area contributed by atoms with Gasteiger partial charge in [-0.2, -0.15) is 5.26 Å². The monoisotopic (exact) mass is 401 g/mol. The van der Waals surface area contributed by atoms with Gasteiger partial charge < -0.3 is 5.32 Å². The van der Waals surface area contributed by atoms with Crippen LogP contribution in [0.4, 0.5) is 5.13 Å². The van der Waals surface area contributed by atoms with Crippen molar-refractivity contribution in [3.8, 4) is 6.07 Å². The summed E-state index contributed by atoms with van der Waals surface area (Å²) >= 11 is 2.75. The van der Waals surface area contributed by atoms with Crippen LogP contribution in [0.2, 0.25) is 0 Å². The van der Waals surface area contributed by atoms with Crippen molar-refractivity contribution < 1.29 is 9.59 Å². The molecule has 27 heavy (non-hydrogen) atoms. The van der Waals surface area contributed by atoms with Gasteiger partial charge in [-0.05, 0) is 24.8 Å². The standard InChI is InChI=1S/C20H23N3O2S2/c1-13(2)12-15-4-6-16(7-5-15)17(24)8-9-18(25)23-20-22-14(3)19(27-20)26-11-10-21/h4-7,13H,8-9,11-12H2,1-3H3,(H,22,23,25). The van der Waals surface area contributed by atoms with Gasteiger partial charge in [-0.1, -0.05) is 61.2 Å². The van der Waals surface area contributed by atoms with Crippen LogP contribution in [0.3, 0.4) is 0 Å². The highest BCUT2D eigenvalue weighted by Gasteiger charge is 2.13. The lowest BCUT2D eigenvalue weighted by Gasteiger charge is -2.06. The number of Topliss-reactive ketones (excluding diaryl/α,β-unsaturated/α-hetero) is 1. The maximum atomic E-state index is 12.3. The number of ketones is 1. The summed E-state index contributed by atoms with van der Waals surface area (Å²) in [6, 6.07) is 9.70. The Hall–Kier alpha value is -2.17. The Balaban J connectivity index is 1.84. The molecule has 1 aromatic carbocycles. The van der Waals surface area contributed by atoms with Gasteiger partial charge in [0.15, 0.2) is 10.9 Å². The lowest BCUT2D eigenvalue weighted by molar-refractivity contribution is -0.116. The number of nitrogens with one attached hydrogen (secondary N) is 1. The van der Waals surface area contributed by atoms with Crippen molar-refractivity contribution in [3.63, 3.8) is 0 Å². The summed E-state index contributed by atoms with van der Waals surface area (Å²) in [4.78, 5) is 28.7. The van der Waals surface area contributed by atoms with E-state index in [0.29, 0.717) is 22.4 Å². The average Bonchev–Trinajstić information content (AvgIpc) is 2.97. The number of benzene rings is 1. The molecule has 5 nitrogen and oxygen atoms in total. The Morgan fingerprint density at radius 2 is 1.96 bits per heavy atom. The number of carbonyl (C=O) groups is 2. The number of nitrogens with zero attached hydrogens (tertiary/aromatic N) is 2. The molecule has 142 valence electrons. The summed E-state index contributed by atoms with van der Waals surface area (Å²) in [6.07, 6.45) is 1.26. The van der Waals surface area contributed by atoms with Crippen LogP contribution in [0.1, 0.15) is 48.3 Å². The lowest BCUT2D eigenvalue weighted by Crippen LogP contribution is -2.13. The van der Waals surface area contributed by atoms with Crippen LogP contribution in [-0.2, 0) is 11.2 Å². The van der Waals surface area contributed by atoms with E-state index in [1.165, 1.54) is 28.7 Å². The molecular formula is C20H23N3O2S2. The van der Waals surface area contributed by atoms with Crippen LogP contribution in [-0.4, -0.2) is 22.4 Å². The fraction of sp³-hybridized carbons (Fsp3) is 0.400. The molecule has 0 spiro atoms. The van der Waals surface area contributed by atoms with Gasteiger partial charge in [0.25, 0.3) is 0 Å². The van der Waals surface area contributed by atoms with Crippen LogP contribution in [0, 0.1) is 24.2 Å². The number of aryl methyl sites for hydroxylation is 1. The van der Waals surface area contributed by atoms with Gasteiger partial charge in [-0.3, -0.25) is 9.59 Å². The molecule has 0 saturated carbocycles. The number of thiazole rings is 1. The van der Waals surface area contributed by atoms with Crippen molar-refractivity contribution in [2.24, 2.45) is 5.92 Å². The zero-order valence-electron chi connectivity index (χ0n) is 15.7. The number of hydrogen-bond acceptors (Lipinski definition) is 6. The van der Waals surface area contributed by atoms with Gasteiger partial charge in [0.1, 0.15) is 0 Å². The molecular weight excluding hydrogens is 378 g/mol. The molecule has 0 aliphatic heterocycles. The molecule has 0 aliphatic carbocycles. The van der Waals surface area contributed by atoms with Crippen molar-refractivity contribution in [1.29, 1.82) is 5.26 Å². The summed E-state index contributed by atoms with van der Waals surface area (Å²) < 4.78 is 0.921. The second-order valence-electron chi connectivity index (χ2n) is 6.60. The van der Waals surface area contributed by atoms with E-state index in [-0.39, 0.29) is 24.5 Å². The highest BCUT2D eigenvalue weighted by Crippen LogP contribution is 2.31. The van der Waals surface area contributed by atoms with Crippen molar-refractivity contribution in [2.75, 3.05) is 11.1 Å². The van der Waals surface area contributed by atoms with Crippen molar-refractivity contribution >= 4 is 39.9 Å². The molecule has 1 N–H and O–H groups in total. The van der Waals surface area contributed by atoms with Gasteiger partial charge in [0.05, 0.1) is 21.7 Å². The third kappa shape index (κ3) is 6.81. The molecule has 7 heteroatoms. The number of anilines is 1. The summed E-state index contributed by atoms with van der Waals surface area (Å²) in [5.41, 5.74) is 2.65. The Bertz CT molecular complexity index is 836.